The lowest BCUT2D eigenvalue weighted by atomic mass is 10.2. The highest BCUT2D eigenvalue weighted by Gasteiger charge is 2.17. The third kappa shape index (κ3) is 5.89. The van der Waals surface area contributed by atoms with E-state index in [9.17, 15) is 4.79 Å². The third-order valence-corrected chi connectivity index (χ3v) is 3.93. The molecule has 0 fully saturated rings. The zero-order valence-corrected chi connectivity index (χ0v) is 15.7. The van der Waals surface area contributed by atoms with Crippen molar-refractivity contribution < 1.29 is 14.3 Å². The van der Waals surface area contributed by atoms with E-state index in [1.807, 2.05) is 62.4 Å². The number of carbonyl (C=O) groups is 1. The summed E-state index contributed by atoms with van der Waals surface area (Å²) in [6.07, 6.45) is -0.576. The highest BCUT2D eigenvalue weighted by atomic mass is 79.9. The molecule has 5 heteroatoms. The Hall–Kier alpha value is -2.01. The van der Waals surface area contributed by atoms with Crippen LogP contribution in [-0.2, 0) is 4.79 Å². The van der Waals surface area contributed by atoms with Crippen LogP contribution in [-0.4, -0.2) is 24.7 Å². The number of hydrogen-bond donors (Lipinski definition) is 1. The second-order valence-electron chi connectivity index (χ2n) is 5.75. The van der Waals surface area contributed by atoms with Gasteiger partial charge in [-0.25, -0.2) is 0 Å². The van der Waals surface area contributed by atoms with Gasteiger partial charge in [0.25, 0.3) is 5.91 Å². The number of hydrogen-bond acceptors (Lipinski definition) is 3. The van der Waals surface area contributed by atoms with Gasteiger partial charge in [-0.15, -0.1) is 0 Å². The Morgan fingerprint density at radius 2 is 1.62 bits per heavy atom. The Bertz CT molecular complexity index is 655. The van der Waals surface area contributed by atoms with E-state index in [2.05, 4.69) is 21.2 Å². The molecule has 0 aliphatic heterocycles. The second kappa shape index (κ2) is 8.73. The minimum Gasteiger partial charge on any atom is -0.491 e. The Balaban J connectivity index is 1.77. The van der Waals surface area contributed by atoms with E-state index in [4.69, 9.17) is 9.47 Å². The van der Waals surface area contributed by atoms with Crippen LogP contribution in [0.2, 0.25) is 0 Å². The van der Waals surface area contributed by atoms with Crippen LogP contribution in [0.1, 0.15) is 19.4 Å². The largest absolute Gasteiger partial charge is 0.491 e. The lowest BCUT2D eigenvalue weighted by Crippen LogP contribution is -2.43. The Labute approximate surface area is 151 Å². The van der Waals surface area contributed by atoms with Crippen molar-refractivity contribution in [1.29, 1.82) is 0 Å². The first-order chi connectivity index (χ1) is 11.4. The van der Waals surface area contributed by atoms with Crippen LogP contribution >= 0.6 is 15.9 Å². The van der Waals surface area contributed by atoms with Crippen LogP contribution < -0.4 is 14.8 Å². The molecule has 2 aromatic carbocycles. The summed E-state index contributed by atoms with van der Waals surface area (Å²) in [5.41, 5.74) is 1.18. The summed E-state index contributed by atoms with van der Waals surface area (Å²) in [6, 6.07) is 15.1. The van der Waals surface area contributed by atoms with Crippen LogP contribution in [0, 0.1) is 6.92 Å². The van der Waals surface area contributed by atoms with E-state index in [0.29, 0.717) is 12.4 Å². The number of benzene rings is 2. The molecule has 1 amide bonds. The zero-order valence-electron chi connectivity index (χ0n) is 14.1. The minimum atomic E-state index is -0.576. The fourth-order valence-electron chi connectivity index (χ4n) is 2.03. The molecule has 0 spiro atoms. The van der Waals surface area contributed by atoms with Gasteiger partial charge in [0.15, 0.2) is 6.10 Å². The van der Waals surface area contributed by atoms with Crippen molar-refractivity contribution in [2.75, 3.05) is 6.61 Å². The fourth-order valence-corrected chi connectivity index (χ4v) is 2.29. The van der Waals surface area contributed by atoms with E-state index in [-0.39, 0.29) is 11.9 Å². The maximum Gasteiger partial charge on any atom is 0.261 e. The van der Waals surface area contributed by atoms with Gasteiger partial charge in [0.2, 0.25) is 0 Å². The molecular weight excluding hydrogens is 370 g/mol. The zero-order chi connectivity index (χ0) is 17.5. The molecule has 0 saturated carbocycles. The van der Waals surface area contributed by atoms with Crippen molar-refractivity contribution in [3.05, 3.63) is 58.6 Å². The van der Waals surface area contributed by atoms with Gasteiger partial charge in [0.05, 0.1) is 6.04 Å². The van der Waals surface area contributed by atoms with Crippen molar-refractivity contribution in [1.82, 2.24) is 5.32 Å². The number of aryl methyl sites for hydroxylation is 1. The van der Waals surface area contributed by atoms with Gasteiger partial charge in [-0.05, 0) is 57.2 Å². The first-order valence-corrected chi connectivity index (χ1v) is 8.65. The molecule has 2 rings (SSSR count). The topological polar surface area (TPSA) is 47.6 Å². The highest BCUT2D eigenvalue weighted by molar-refractivity contribution is 9.10. The molecule has 0 heterocycles. The molecular formula is C19H22BrNO3. The van der Waals surface area contributed by atoms with Crippen LogP contribution in [0.25, 0.3) is 0 Å². The first kappa shape index (κ1) is 18.3. The fraction of sp³-hybridized carbons (Fsp3) is 0.316. The lowest BCUT2D eigenvalue weighted by Gasteiger charge is -2.19. The summed E-state index contributed by atoms with van der Waals surface area (Å²) < 4.78 is 12.3. The number of ether oxygens (including phenoxy) is 2. The molecule has 0 saturated heterocycles. The van der Waals surface area contributed by atoms with Crippen molar-refractivity contribution >= 4 is 21.8 Å². The molecule has 0 aromatic heterocycles. The summed E-state index contributed by atoms with van der Waals surface area (Å²) in [6.45, 7) is 6.06. The standard InChI is InChI=1S/C19H22BrNO3/c1-13-4-8-17(9-5-13)23-12-14(2)21-19(22)15(3)24-18-10-6-16(20)7-11-18/h4-11,14-15H,12H2,1-3H3,(H,21,22)/t14-,15-/m1/s1. The van der Waals surface area contributed by atoms with Gasteiger partial charge in [-0.3, -0.25) is 4.79 Å². The summed E-state index contributed by atoms with van der Waals surface area (Å²) in [5, 5.41) is 2.89. The lowest BCUT2D eigenvalue weighted by molar-refractivity contribution is -0.128. The van der Waals surface area contributed by atoms with E-state index in [1.165, 1.54) is 5.56 Å². The predicted octanol–water partition coefficient (Wildman–Crippen LogP) is 4.11. The van der Waals surface area contributed by atoms with E-state index >= 15 is 0 Å². The third-order valence-electron chi connectivity index (χ3n) is 3.41. The van der Waals surface area contributed by atoms with Crippen LogP contribution in [0.3, 0.4) is 0 Å². The molecule has 24 heavy (non-hydrogen) atoms. The summed E-state index contributed by atoms with van der Waals surface area (Å²) in [4.78, 5) is 12.2. The van der Waals surface area contributed by atoms with Crippen LogP contribution in [0.5, 0.6) is 11.5 Å². The van der Waals surface area contributed by atoms with Gasteiger partial charge in [-0.2, -0.15) is 0 Å². The number of amides is 1. The van der Waals surface area contributed by atoms with Crippen LogP contribution in [0.4, 0.5) is 0 Å². The maximum absolute atomic E-state index is 12.2. The molecule has 0 aliphatic rings. The SMILES string of the molecule is Cc1ccc(OC[C@@H](C)NC(=O)[C@@H](C)Oc2ccc(Br)cc2)cc1. The average molecular weight is 392 g/mol. The molecule has 2 aromatic rings. The number of nitrogens with one attached hydrogen (secondary N) is 1. The van der Waals surface area contributed by atoms with Gasteiger partial charge in [-0.1, -0.05) is 33.6 Å². The predicted molar refractivity (Wildman–Crippen MR) is 98.5 cm³/mol. The van der Waals surface area contributed by atoms with Crippen LogP contribution in [0.15, 0.2) is 53.0 Å². The van der Waals surface area contributed by atoms with E-state index in [0.717, 1.165) is 10.2 Å². The van der Waals surface area contributed by atoms with Gasteiger partial charge in [0, 0.05) is 4.47 Å². The average Bonchev–Trinajstić information content (AvgIpc) is 2.56. The van der Waals surface area contributed by atoms with E-state index < -0.39 is 6.10 Å². The smallest absolute Gasteiger partial charge is 0.261 e. The van der Waals surface area contributed by atoms with Gasteiger partial charge in [0.1, 0.15) is 18.1 Å². The minimum absolute atomic E-state index is 0.116. The number of rotatable bonds is 7. The molecule has 4 nitrogen and oxygen atoms in total. The molecule has 1 N–H and O–H groups in total. The molecule has 2 atom stereocenters. The Morgan fingerprint density at radius 1 is 1.04 bits per heavy atom. The van der Waals surface area contributed by atoms with Gasteiger partial charge < -0.3 is 14.8 Å². The van der Waals surface area contributed by atoms with Gasteiger partial charge >= 0.3 is 0 Å². The number of halogens is 1. The summed E-state index contributed by atoms with van der Waals surface area (Å²) in [7, 11) is 0. The normalized spacial score (nSPS) is 13.0. The Morgan fingerprint density at radius 3 is 2.25 bits per heavy atom. The molecule has 0 bridgehead atoms. The highest BCUT2D eigenvalue weighted by Crippen LogP contribution is 2.17. The van der Waals surface area contributed by atoms with Crippen molar-refractivity contribution in [3.63, 3.8) is 0 Å². The monoisotopic (exact) mass is 391 g/mol. The maximum atomic E-state index is 12.2. The number of carbonyl (C=O) groups excluding carboxylic acids is 1. The molecule has 0 aliphatic carbocycles. The first-order valence-electron chi connectivity index (χ1n) is 7.86. The quantitative estimate of drug-likeness (QED) is 0.772. The summed E-state index contributed by atoms with van der Waals surface area (Å²) >= 11 is 3.36. The molecule has 128 valence electrons. The second-order valence-corrected chi connectivity index (χ2v) is 6.66. The molecule has 0 unspecified atom stereocenters. The van der Waals surface area contributed by atoms with Crippen molar-refractivity contribution in [2.24, 2.45) is 0 Å². The summed E-state index contributed by atoms with van der Waals surface area (Å²) in [5.74, 6) is 1.28. The van der Waals surface area contributed by atoms with Crippen molar-refractivity contribution in [2.45, 2.75) is 32.9 Å². The van der Waals surface area contributed by atoms with Crippen molar-refractivity contribution in [3.8, 4) is 11.5 Å². The Kier molecular flexibility index (Phi) is 6.67. The molecule has 0 radical (unpaired) electrons. The van der Waals surface area contributed by atoms with E-state index in [1.54, 1.807) is 6.92 Å².